The van der Waals surface area contributed by atoms with Gasteiger partial charge in [0.15, 0.2) is 5.13 Å². The van der Waals surface area contributed by atoms with E-state index in [2.05, 4.69) is 17.2 Å². The third kappa shape index (κ3) is 4.94. The van der Waals surface area contributed by atoms with Gasteiger partial charge in [0.1, 0.15) is 5.75 Å². The molecule has 1 amide bonds. The Bertz CT molecular complexity index is 1160. The fourth-order valence-corrected chi connectivity index (χ4v) is 8.68. The van der Waals surface area contributed by atoms with Crippen molar-refractivity contribution in [3.63, 3.8) is 0 Å². The molecule has 1 heterocycles. The van der Waals surface area contributed by atoms with Crippen molar-refractivity contribution in [1.82, 2.24) is 4.98 Å². The van der Waals surface area contributed by atoms with Crippen LogP contribution in [0.5, 0.6) is 5.75 Å². The zero-order chi connectivity index (χ0) is 25.0. The van der Waals surface area contributed by atoms with Crippen LogP contribution >= 0.6 is 19.2 Å². The summed E-state index contributed by atoms with van der Waals surface area (Å²) < 4.78 is 17.2. The number of rotatable bonds is 6. The monoisotopic (exact) mass is 520 g/mol. The topological polar surface area (TPSA) is 129 Å². The molecule has 2 aromatic rings. The van der Waals surface area contributed by atoms with Crippen molar-refractivity contribution in [2.24, 2.45) is 23.2 Å². The highest BCUT2D eigenvalue weighted by Crippen LogP contribution is 2.65. The van der Waals surface area contributed by atoms with Crippen LogP contribution in [0, 0.1) is 30.1 Å². The number of phenolic OH excluding ortho intramolecular Hbond substituents is 1. The zero-order valence-electron chi connectivity index (χ0n) is 20.0. The third-order valence-corrected chi connectivity index (χ3v) is 10.00. The van der Waals surface area contributed by atoms with Crippen LogP contribution in [0.3, 0.4) is 0 Å². The summed E-state index contributed by atoms with van der Waals surface area (Å²) in [5, 5.41) is 13.4. The molecule has 2 fully saturated rings. The second kappa shape index (κ2) is 9.27. The van der Waals surface area contributed by atoms with Gasteiger partial charge in [0.25, 0.3) is 0 Å². The van der Waals surface area contributed by atoms with Crippen molar-refractivity contribution < 1.29 is 28.8 Å². The molecule has 2 saturated carbocycles. The van der Waals surface area contributed by atoms with Gasteiger partial charge in [0, 0.05) is 17.5 Å². The first-order valence-electron chi connectivity index (χ1n) is 12.3. The molecule has 4 N–H and O–H groups in total. The molecular weight excluding hydrogens is 487 g/mol. The van der Waals surface area contributed by atoms with Crippen LogP contribution in [-0.2, 0) is 20.3 Å². The van der Waals surface area contributed by atoms with Gasteiger partial charge in [-0.3, -0.25) is 9.32 Å². The Hall–Kier alpha value is -1.77. The van der Waals surface area contributed by atoms with E-state index in [0.717, 1.165) is 30.6 Å². The van der Waals surface area contributed by atoms with E-state index in [1.165, 1.54) is 22.5 Å². The van der Waals surface area contributed by atoms with E-state index >= 15 is 0 Å². The molecule has 8 nitrogen and oxygen atoms in total. The molecule has 0 bridgehead atoms. The van der Waals surface area contributed by atoms with E-state index in [9.17, 15) is 24.3 Å². The molecule has 0 saturated heterocycles. The molecule has 35 heavy (non-hydrogen) atoms. The van der Waals surface area contributed by atoms with Gasteiger partial charge in [-0.05, 0) is 97.8 Å². The van der Waals surface area contributed by atoms with Crippen LogP contribution in [0.1, 0.15) is 67.4 Å². The number of carbonyl (C=O) groups excluding carboxylic acids is 1. The lowest BCUT2D eigenvalue weighted by Gasteiger charge is -2.52. The van der Waals surface area contributed by atoms with Crippen molar-refractivity contribution in [3.8, 4) is 5.75 Å². The summed E-state index contributed by atoms with van der Waals surface area (Å²) in [4.78, 5) is 37.2. The lowest BCUT2D eigenvalue weighted by atomic mass is 9.53. The van der Waals surface area contributed by atoms with Crippen LogP contribution in [0.4, 0.5) is 5.13 Å². The second-order valence-electron chi connectivity index (χ2n) is 10.7. The fourth-order valence-electron chi connectivity index (χ4n) is 7.34. The number of fused-ring (bicyclic) bond motifs is 5. The fraction of sp³-hybridized carbons (Fsp3) is 0.600. The first kappa shape index (κ1) is 24.9. The molecule has 3 aliphatic rings. The van der Waals surface area contributed by atoms with Crippen LogP contribution < -0.4 is 5.32 Å². The summed E-state index contributed by atoms with van der Waals surface area (Å²) in [7, 11) is -4.64. The van der Waals surface area contributed by atoms with Crippen LogP contribution in [-0.4, -0.2) is 31.9 Å². The number of benzene rings is 1. The number of aryl methyl sites for hydroxylation is 2. The third-order valence-electron chi connectivity index (χ3n) is 8.64. The molecule has 3 unspecified atom stereocenters. The summed E-state index contributed by atoms with van der Waals surface area (Å²) in [6.45, 7) is 4.07. The Morgan fingerprint density at radius 3 is 2.86 bits per heavy atom. The molecule has 10 heteroatoms. The Labute approximate surface area is 209 Å². The molecule has 0 aliphatic heterocycles. The second-order valence-corrected chi connectivity index (χ2v) is 13.1. The van der Waals surface area contributed by atoms with E-state index < -0.39 is 13.9 Å². The summed E-state index contributed by atoms with van der Waals surface area (Å²) >= 11 is 1.44. The molecule has 3 aliphatic carbocycles. The SMILES string of the molecule is Cc1cnc(NC(=O)CC[C@@H]2C[C@H](OP(=O)(O)O)[C@@]3(C)CCC4c5ccc(O)cc5CCC4C23)s1. The van der Waals surface area contributed by atoms with Gasteiger partial charge in [-0.2, -0.15) is 0 Å². The zero-order valence-corrected chi connectivity index (χ0v) is 21.7. The number of amides is 1. The maximum absolute atomic E-state index is 12.7. The Morgan fingerprint density at radius 1 is 1.34 bits per heavy atom. The minimum Gasteiger partial charge on any atom is -0.508 e. The molecule has 190 valence electrons. The lowest BCUT2D eigenvalue weighted by Crippen LogP contribution is -2.45. The number of phenols is 1. The van der Waals surface area contributed by atoms with Gasteiger partial charge in [0.2, 0.25) is 5.91 Å². The van der Waals surface area contributed by atoms with Gasteiger partial charge in [-0.25, -0.2) is 9.55 Å². The number of anilines is 1. The molecule has 1 aromatic carbocycles. The molecule has 0 spiro atoms. The first-order chi connectivity index (χ1) is 16.5. The summed E-state index contributed by atoms with van der Waals surface area (Å²) in [5.74, 6) is 1.24. The van der Waals surface area contributed by atoms with Gasteiger partial charge in [-0.15, -0.1) is 11.3 Å². The highest BCUT2D eigenvalue weighted by molar-refractivity contribution is 7.46. The highest BCUT2D eigenvalue weighted by Gasteiger charge is 2.60. The number of phosphoric acid groups is 1. The van der Waals surface area contributed by atoms with Crippen LogP contribution in [0.15, 0.2) is 24.4 Å². The number of phosphoric ester groups is 1. The van der Waals surface area contributed by atoms with E-state index in [-0.39, 0.29) is 28.9 Å². The van der Waals surface area contributed by atoms with Crippen molar-refractivity contribution in [3.05, 3.63) is 40.4 Å². The predicted molar refractivity (Wildman–Crippen MR) is 133 cm³/mol. The number of nitrogens with one attached hydrogen (secondary N) is 1. The Balaban J connectivity index is 1.38. The number of hydrogen-bond acceptors (Lipinski definition) is 6. The summed E-state index contributed by atoms with van der Waals surface area (Å²) in [5.41, 5.74) is 2.13. The molecule has 6 atom stereocenters. The van der Waals surface area contributed by atoms with Gasteiger partial charge < -0.3 is 20.2 Å². The number of aromatic nitrogens is 1. The normalized spacial score (nSPS) is 31.9. The minimum absolute atomic E-state index is 0.0859. The standard InChI is InChI=1S/C25H33N2O6PS/c1-14-13-26-24(35-14)27-22(29)8-4-16-12-21(33-34(30,31)32)25(2)10-9-19-18-7-5-17(28)11-15(18)3-6-20(19)23(16)25/h5,7,11,13,16,19-21,23,28H,3-4,6,8-10,12H2,1-2H3,(H,26,27,29)(H2,30,31,32)/t16-,19?,20?,21+,23?,25-/m1/s1. The van der Waals surface area contributed by atoms with Crippen LogP contribution in [0.2, 0.25) is 0 Å². The first-order valence-corrected chi connectivity index (χ1v) is 14.7. The Morgan fingerprint density at radius 2 is 2.14 bits per heavy atom. The van der Waals surface area contributed by atoms with E-state index in [1.807, 2.05) is 19.1 Å². The van der Waals surface area contributed by atoms with E-state index in [0.29, 0.717) is 36.2 Å². The van der Waals surface area contributed by atoms with Crippen molar-refractivity contribution in [1.29, 1.82) is 0 Å². The highest BCUT2D eigenvalue weighted by atomic mass is 32.1. The van der Waals surface area contributed by atoms with E-state index in [4.69, 9.17) is 4.52 Å². The smallest absolute Gasteiger partial charge is 0.469 e. The number of carbonyl (C=O) groups is 1. The van der Waals surface area contributed by atoms with Crippen molar-refractivity contribution >= 4 is 30.2 Å². The predicted octanol–water partition coefficient (Wildman–Crippen LogP) is 5.14. The molecule has 5 rings (SSSR count). The average molecular weight is 521 g/mol. The number of nitrogens with zero attached hydrogens (tertiary/aromatic N) is 1. The quantitative estimate of drug-likeness (QED) is 0.388. The average Bonchev–Trinajstić information content (AvgIpc) is 3.30. The van der Waals surface area contributed by atoms with Gasteiger partial charge >= 0.3 is 7.82 Å². The summed E-state index contributed by atoms with van der Waals surface area (Å²) in [6, 6.07) is 5.67. The minimum atomic E-state index is -4.64. The molecule has 0 radical (unpaired) electrons. The maximum atomic E-state index is 12.7. The Kier molecular flexibility index (Phi) is 6.60. The molecular formula is C25H33N2O6PS. The van der Waals surface area contributed by atoms with Crippen molar-refractivity contribution in [2.45, 2.75) is 70.8 Å². The number of hydrogen-bond donors (Lipinski definition) is 4. The molecule has 1 aromatic heterocycles. The van der Waals surface area contributed by atoms with Crippen LogP contribution in [0.25, 0.3) is 0 Å². The van der Waals surface area contributed by atoms with Crippen molar-refractivity contribution in [2.75, 3.05) is 5.32 Å². The number of thiazole rings is 1. The largest absolute Gasteiger partial charge is 0.508 e. The maximum Gasteiger partial charge on any atom is 0.469 e. The van der Waals surface area contributed by atoms with Gasteiger partial charge in [-0.1, -0.05) is 13.0 Å². The van der Waals surface area contributed by atoms with E-state index in [1.54, 1.807) is 12.3 Å². The van der Waals surface area contributed by atoms with Gasteiger partial charge in [0.05, 0.1) is 6.10 Å². The lowest BCUT2D eigenvalue weighted by molar-refractivity contribution is -0.116. The summed E-state index contributed by atoms with van der Waals surface area (Å²) in [6.07, 6.45) is 6.28. The number of aromatic hydroxyl groups is 1.